The summed E-state index contributed by atoms with van der Waals surface area (Å²) in [5.74, 6) is 1.32. The first-order valence-corrected chi connectivity index (χ1v) is 5.89. The maximum absolute atomic E-state index is 6.05. The molecule has 0 amide bonds. The molecule has 0 atom stereocenters. The summed E-state index contributed by atoms with van der Waals surface area (Å²) in [7, 11) is 0. The fourth-order valence-corrected chi connectivity index (χ4v) is 2.17. The van der Waals surface area contributed by atoms with Crippen LogP contribution in [0.5, 0.6) is 0 Å². The van der Waals surface area contributed by atoms with E-state index in [0.29, 0.717) is 27.3 Å². The molecule has 0 fully saturated rings. The third-order valence-electron chi connectivity index (χ3n) is 2.19. The van der Waals surface area contributed by atoms with Crippen molar-refractivity contribution in [2.75, 3.05) is 0 Å². The van der Waals surface area contributed by atoms with Crippen molar-refractivity contribution in [1.82, 2.24) is 4.98 Å². The van der Waals surface area contributed by atoms with Gasteiger partial charge in [-0.25, -0.2) is 4.98 Å². The van der Waals surface area contributed by atoms with Crippen LogP contribution < -0.4 is 0 Å². The van der Waals surface area contributed by atoms with Crippen molar-refractivity contribution in [3.8, 4) is 11.5 Å². The average Bonchev–Trinajstić information content (AvgIpc) is 2.59. The number of hydrogen-bond donors (Lipinski definition) is 0. The molecule has 0 bridgehead atoms. The summed E-state index contributed by atoms with van der Waals surface area (Å²) in [5.41, 5.74) is 1.35. The Hall–Kier alpha value is -0.700. The van der Waals surface area contributed by atoms with Crippen molar-refractivity contribution in [2.45, 2.75) is 12.8 Å². The lowest BCUT2D eigenvalue weighted by atomic mass is 10.2. The lowest BCUT2D eigenvalue weighted by Crippen LogP contribution is -1.81. The first-order valence-electron chi connectivity index (χ1n) is 4.60. The molecule has 1 aromatic carbocycles. The van der Waals surface area contributed by atoms with Crippen LogP contribution in [-0.4, -0.2) is 4.98 Å². The smallest absolute Gasteiger partial charge is 0.229 e. The van der Waals surface area contributed by atoms with Crippen molar-refractivity contribution >= 4 is 34.8 Å². The van der Waals surface area contributed by atoms with E-state index >= 15 is 0 Å². The molecular formula is C11H8Cl3NO. The third-order valence-corrected chi connectivity index (χ3v) is 3.06. The Balaban J connectivity index is 2.58. The fourth-order valence-electron chi connectivity index (χ4n) is 1.36. The zero-order chi connectivity index (χ0) is 11.7. The maximum Gasteiger partial charge on any atom is 0.229 e. The van der Waals surface area contributed by atoms with Crippen LogP contribution in [0.3, 0.4) is 0 Å². The van der Waals surface area contributed by atoms with Gasteiger partial charge >= 0.3 is 0 Å². The number of aromatic nitrogens is 1. The van der Waals surface area contributed by atoms with E-state index in [2.05, 4.69) is 4.98 Å². The SMILES string of the molecule is Cc1nc(-c2c(Cl)cccc2Cl)oc1CCl. The molecule has 5 heteroatoms. The first kappa shape index (κ1) is 11.8. The second-order valence-corrected chi connectivity index (χ2v) is 4.34. The minimum atomic E-state index is 0.279. The van der Waals surface area contributed by atoms with E-state index in [1.807, 2.05) is 6.92 Å². The van der Waals surface area contributed by atoms with Gasteiger partial charge in [0.1, 0.15) is 5.76 Å². The predicted octanol–water partition coefficient (Wildman–Crippen LogP) is 4.70. The van der Waals surface area contributed by atoms with Gasteiger partial charge in [0.25, 0.3) is 0 Å². The number of alkyl halides is 1. The van der Waals surface area contributed by atoms with E-state index in [4.69, 9.17) is 39.2 Å². The molecule has 0 radical (unpaired) electrons. The van der Waals surface area contributed by atoms with Gasteiger partial charge in [0.15, 0.2) is 0 Å². The Kier molecular flexibility index (Phi) is 3.43. The first-order chi connectivity index (χ1) is 7.63. The van der Waals surface area contributed by atoms with E-state index in [0.717, 1.165) is 5.69 Å². The summed E-state index contributed by atoms with van der Waals surface area (Å²) in [4.78, 5) is 4.25. The predicted molar refractivity (Wildman–Crippen MR) is 66.3 cm³/mol. The Morgan fingerprint density at radius 2 is 1.88 bits per heavy atom. The normalized spacial score (nSPS) is 10.8. The lowest BCUT2D eigenvalue weighted by Gasteiger charge is -2.01. The monoisotopic (exact) mass is 275 g/mol. The van der Waals surface area contributed by atoms with Crippen LogP contribution in [0.4, 0.5) is 0 Å². The number of aryl methyl sites for hydroxylation is 1. The molecule has 0 aliphatic carbocycles. The van der Waals surface area contributed by atoms with Crippen molar-refractivity contribution in [1.29, 1.82) is 0 Å². The van der Waals surface area contributed by atoms with Crippen LogP contribution in [0.25, 0.3) is 11.5 Å². The van der Waals surface area contributed by atoms with Crippen molar-refractivity contribution in [2.24, 2.45) is 0 Å². The Morgan fingerprint density at radius 3 is 2.38 bits per heavy atom. The van der Waals surface area contributed by atoms with Gasteiger partial charge in [-0.05, 0) is 19.1 Å². The average molecular weight is 277 g/mol. The van der Waals surface area contributed by atoms with Crippen LogP contribution in [0.1, 0.15) is 11.5 Å². The van der Waals surface area contributed by atoms with Gasteiger partial charge in [0.05, 0.1) is 27.2 Å². The van der Waals surface area contributed by atoms with Gasteiger partial charge < -0.3 is 4.42 Å². The highest BCUT2D eigenvalue weighted by molar-refractivity contribution is 6.38. The highest BCUT2D eigenvalue weighted by Crippen LogP contribution is 2.34. The van der Waals surface area contributed by atoms with E-state index in [9.17, 15) is 0 Å². The van der Waals surface area contributed by atoms with Crippen LogP contribution in [0, 0.1) is 6.92 Å². The molecule has 2 rings (SSSR count). The van der Waals surface area contributed by atoms with Gasteiger partial charge in [-0.3, -0.25) is 0 Å². The fraction of sp³-hybridized carbons (Fsp3) is 0.182. The van der Waals surface area contributed by atoms with Crippen molar-refractivity contribution in [3.05, 3.63) is 39.7 Å². The summed E-state index contributed by atoms with van der Waals surface area (Å²) in [5, 5.41) is 1.02. The molecule has 84 valence electrons. The zero-order valence-electron chi connectivity index (χ0n) is 8.43. The maximum atomic E-state index is 6.05. The number of rotatable bonds is 2. The number of hydrogen-bond acceptors (Lipinski definition) is 2. The highest BCUT2D eigenvalue weighted by Gasteiger charge is 2.16. The number of halogens is 3. The van der Waals surface area contributed by atoms with Gasteiger partial charge in [0, 0.05) is 0 Å². The molecule has 0 unspecified atom stereocenters. The lowest BCUT2D eigenvalue weighted by molar-refractivity contribution is 0.536. The van der Waals surface area contributed by atoms with E-state index in [1.165, 1.54) is 0 Å². The van der Waals surface area contributed by atoms with Crippen LogP contribution in [0.2, 0.25) is 10.0 Å². The molecule has 1 aromatic heterocycles. The molecule has 0 saturated carbocycles. The second kappa shape index (κ2) is 4.66. The number of benzene rings is 1. The molecule has 1 heterocycles. The molecule has 2 nitrogen and oxygen atoms in total. The van der Waals surface area contributed by atoms with Gasteiger partial charge in [0.2, 0.25) is 5.89 Å². The summed E-state index contributed by atoms with van der Waals surface area (Å²) >= 11 is 17.8. The molecular weight excluding hydrogens is 268 g/mol. The molecule has 0 aliphatic rings. The van der Waals surface area contributed by atoms with E-state index in [-0.39, 0.29) is 5.88 Å². The standard InChI is InChI=1S/C11H8Cl3NO/c1-6-9(5-12)16-11(15-6)10-7(13)3-2-4-8(10)14/h2-4H,5H2,1H3. The largest absolute Gasteiger partial charge is 0.440 e. The zero-order valence-corrected chi connectivity index (χ0v) is 10.7. The van der Waals surface area contributed by atoms with Crippen LogP contribution >= 0.6 is 34.8 Å². The number of oxazole rings is 1. The molecule has 2 aromatic rings. The summed E-state index contributed by atoms with van der Waals surface area (Å²) < 4.78 is 5.50. The van der Waals surface area contributed by atoms with Crippen LogP contribution in [-0.2, 0) is 5.88 Å². The second-order valence-electron chi connectivity index (χ2n) is 3.26. The van der Waals surface area contributed by atoms with Gasteiger partial charge in [-0.15, -0.1) is 11.6 Å². The van der Waals surface area contributed by atoms with E-state index < -0.39 is 0 Å². The Bertz CT molecular complexity index is 502. The summed E-state index contributed by atoms with van der Waals surface area (Å²) in [6.45, 7) is 1.83. The molecule has 16 heavy (non-hydrogen) atoms. The third kappa shape index (κ3) is 2.05. The van der Waals surface area contributed by atoms with Gasteiger partial charge in [-0.1, -0.05) is 29.3 Å². The minimum Gasteiger partial charge on any atom is -0.440 e. The summed E-state index contributed by atoms with van der Waals surface area (Å²) in [6, 6.07) is 5.25. The van der Waals surface area contributed by atoms with Crippen LogP contribution in [0.15, 0.2) is 22.6 Å². The summed E-state index contributed by atoms with van der Waals surface area (Å²) in [6.07, 6.45) is 0. The molecule has 0 N–H and O–H groups in total. The minimum absolute atomic E-state index is 0.279. The van der Waals surface area contributed by atoms with Crippen molar-refractivity contribution < 1.29 is 4.42 Å². The molecule has 0 saturated heterocycles. The highest BCUT2D eigenvalue weighted by atomic mass is 35.5. The Morgan fingerprint density at radius 1 is 1.25 bits per heavy atom. The Labute approximate surface area is 108 Å². The quantitative estimate of drug-likeness (QED) is 0.743. The van der Waals surface area contributed by atoms with Gasteiger partial charge in [-0.2, -0.15) is 0 Å². The van der Waals surface area contributed by atoms with Crippen molar-refractivity contribution in [3.63, 3.8) is 0 Å². The topological polar surface area (TPSA) is 26.0 Å². The van der Waals surface area contributed by atoms with E-state index in [1.54, 1.807) is 18.2 Å². The number of nitrogens with zero attached hydrogens (tertiary/aromatic N) is 1. The molecule has 0 aliphatic heterocycles. The molecule has 0 spiro atoms.